The number of anilines is 1. The zero-order valence-electron chi connectivity index (χ0n) is 13.3. The van der Waals surface area contributed by atoms with Crippen LogP contribution in [0.1, 0.15) is 31.5 Å². The van der Waals surface area contributed by atoms with Crippen molar-refractivity contribution < 1.29 is 9.53 Å². The van der Waals surface area contributed by atoms with Gasteiger partial charge in [-0.15, -0.1) is 0 Å². The monoisotopic (exact) mass is 314 g/mol. The van der Waals surface area contributed by atoms with Crippen LogP contribution in [0, 0.1) is 0 Å². The summed E-state index contributed by atoms with van der Waals surface area (Å²) in [5.41, 5.74) is 0.743. The van der Waals surface area contributed by atoms with Gasteiger partial charge in [0.05, 0.1) is 6.61 Å². The van der Waals surface area contributed by atoms with Crippen LogP contribution in [0.2, 0.25) is 0 Å². The number of carbonyl (C=O) groups is 1. The number of amides is 2. The maximum absolute atomic E-state index is 11.9. The molecule has 0 saturated heterocycles. The molecule has 122 valence electrons. The fourth-order valence-electron chi connectivity index (χ4n) is 2.48. The molecule has 0 spiro atoms. The second-order valence-corrected chi connectivity index (χ2v) is 5.59. The molecule has 2 N–H and O–H groups in total. The third kappa shape index (κ3) is 4.25. The summed E-state index contributed by atoms with van der Waals surface area (Å²) in [6.07, 6.45) is 6.25. The molecule has 0 bridgehead atoms. The number of carbonyl (C=O) groups excluding carboxylic acids is 1. The van der Waals surface area contributed by atoms with E-state index in [0.717, 1.165) is 23.8 Å². The zero-order chi connectivity index (χ0) is 16.1. The Morgan fingerprint density at radius 2 is 2.13 bits per heavy atom. The summed E-state index contributed by atoms with van der Waals surface area (Å²) >= 11 is 0. The van der Waals surface area contributed by atoms with Gasteiger partial charge < -0.3 is 19.9 Å². The first-order chi connectivity index (χ1) is 11.3. The van der Waals surface area contributed by atoms with E-state index in [2.05, 4.69) is 20.2 Å². The van der Waals surface area contributed by atoms with Crippen LogP contribution in [-0.4, -0.2) is 28.7 Å². The predicted molar refractivity (Wildman–Crippen MR) is 88.8 cm³/mol. The minimum atomic E-state index is -0.206. The van der Waals surface area contributed by atoms with Crippen molar-refractivity contribution in [3.63, 3.8) is 0 Å². The Kier molecular flexibility index (Phi) is 4.80. The van der Waals surface area contributed by atoms with E-state index in [-0.39, 0.29) is 6.03 Å². The molecule has 0 atom stereocenters. The van der Waals surface area contributed by atoms with Crippen LogP contribution in [0.25, 0.3) is 0 Å². The van der Waals surface area contributed by atoms with Gasteiger partial charge >= 0.3 is 6.03 Å². The van der Waals surface area contributed by atoms with Crippen molar-refractivity contribution in [3.8, 4) is 5.75 Å². The van der Waals surface area contributed by atoms with E-state index in [1.54, 1.807) is 0 Å². The first kappa shape index (κ1) is 15.4. The lowest BCUT2D eigenvalue weighted by Gasteiger charge is -2.10. The summed E-state index contributed by atoms with van der Waals surface area (Å²) in [6, 6.07) is 7.12. The number of hydrogen-bond donors (Lipinski definition) is 2. The molecule has 2 aromatic rings. The Balaban J connectivity index is 1.43. The quantitative estimate of drug-likeness (QED) is 0.825. The number of urea groups is 1. The SMILES string of the molecule is CCOc1ccc(NC(=O)NCCn2ccnc2C2CC2)cc1. The number of hydrogen-bond acceptors (Lipinski definition) is 3. The smallest absolute Gasteiger partial charge is 0.319 e. The molecule has 1 aliphatic rings. The summed E-state index contributed by atoms with van der Waals surface area (Å²) < 4.78 is 7.49. The van der Waals surface area contributed by atoms with Gasteiger partial charge in [0.1, 0.15) is 11.6 Å². The van der Waals surface area contributed by atoms with Crippen LogP contribution in [-0.2, 0) is 6.54 Å². The predicted octanol–water partition coefficient (Wildman–Crippen LogP) is 2.98. The summed E-state index contributed by atoms with van der Waals surface area (Å²) in [4.78, 5) is 16.3. The van der Waals surface area contributed by atoms with E-state index < -0.39 is 0 Å². The summed E-state index contributed by atoms with van der Waals surface area (Å²) in [6.45, 7) is 3.88. The highest BCUT2D eigenvalue weighted by Crippen LogP contribution is 2.38. The van der Waals surface area contributed by atoms with E-state index in [1.165, 1.54) is 12.8 Å². The molecule has 1 aromatic heterocycles. The van der Waals surface area contributed by atoms with E-state index in [9.17, 15) is 4.79 Å². The average Bonchev–Trinajstić information content (AvgIpc) is 3.29. The Bertz CT molecular complexity index is 647. The number of imidazole rings is 1. The Morgan fingerprint density at radius 3 is 2.83 bits per heavy atom. The standard InChI is InChI=1S/C17H22N4O2/c1-2-23-15-7-5-14(6-8-15)20-17(22)19-10-12-21-11-9-18-16(21)13-3-4-13/h5-9,11,13H,2-4,10,12H2,1H3,(H2,19,20,22). The number of aromatic nitrogens is 2. The summed E-state index contributed by atoms with van der Waals surface area (Å²) in [5, 5.41) is 5.68. The second-order valence-electron chi connectivity index (χ2n) is 5.59. The van der Waals surface area contributed by atoms with Gasteiger partial charge in [-0.25, -0.2) is 9.78 Å². The fraction of sp³-hybridized carbons (Fsp3) is 0.412. The first-order valence-corrected chi connectivity index (χ1v) is 8.05. The molecule has 6 heteroatoms. The highest BCUT2D eigenvalue weighted by atomic mass is 16.5. The van der Waals surface area contributed by atoms with E-state index in [0.29, 0.717) is 19.1 Å². The highest BCUT2D eigenvalue weighted by molar-refractivity contribution is 5.89. The molecule has 23 heavy (non-hydrogen) atoms. The molecule has 0 unspecified atom stereocenters. The van der Waals surface area contributed by atoms with Crippen LogP contribution in [0.5, 0.6) is 5.75 Å². The summed E-state index contributed by atoms with van der Waals surface area (Å²) in [5.74, 6) is 2.55. The van der Waals surface area contributed by atoms with Gasteiger partial charge in [-0.2, -0.15) is 0 Å². The minimum Gasteiger partial charge on any atom is -0.494 e. The van der Waals surface area contributed by atoms with Gasteiger partial charge in [0.2, 0.25) is 0 Å². The van der Waals surface area contributed by atoms with Crippen molar-refractivity contribution in [1.82, 2.24) is 14.9 Å². The fourth-order valence-corrected chi connectivity index (χ4v) is 2.48. The van der Waals surface area contributed by atoms with Gasteiger partial charge in [0, 0.05) is 37.1 Å². The van der Waals surface area contributed by atoms with Crippen molar-refractivity contribution in [2.24, 2.45) is 0 Å². The van der Waals surface area contributed by atoms with Crippen LogP contribution in [0.15, 0.2) is 36.7 Å². The molecule has 1 saturated carbocycles. The van der Waals surface area contributed by atoms with E-state index >= 15 is 0 Å². The lowest BCUT2D eigenvalue weighted by molar-refractivity contribution is 0.251. The van der Waals surface area contributed by atoms with Gasteiger partial charge in [-0.05, 0) is 44.0 Å². The molecule has 1 aromatic carbocycles. The van der Waals surface area contributed by atoms with Crippen molar-refractivity contribution in [3.05, 3.63) is 42.5 Å². The van der Waals surface area contributed by atoms with Gasteiger partial charge in [0.15, 0.2) is 0 Å². The first-order valence-electron chi connectivity index (χ1n) is 8.05. The summed E-state index contributed by atoms with van der Waals surface area (Å²) in [7, 11) is 0. The van der Waals surface area contributed by atoms with Crippen molar-refractivity contribution in [1.29, 1.82) is 0 Å². The van der Waals surface area contributed by atoms with Crippen molar-refractivity contribution >= 4 is 11.7 Å². The molecular formula is C17H22N4O2. The number of nitrogens with one attached hydrogen (secondary N) is 2. The van der Waals surface area contributed by atoms with Crippen LogP contribution in [0.4, 0.5) is 10.5 Å². The molecular weight excluding hydrogens is 292 g/mol. The third-order valence-corrected chi connectivity index (χ3v) is 3.75. The molecule has 0 aliphatic heterocycles. The molecule has 1 fully saturated rings. The van der Waals surface area contributed by atoms with Crippen LogP contribution in [0.3, 0.4) is 0 Å². The van der Waals surface area contributed by atoms with Crippen LogP contribution < -0.4 is 15.4 Å². The largest absolute Gasteiger partial charge is 0.494 e. The number of rotatable bonds is 7. The number of nitrogens with zero attached hydrogens (tertiary/aromatic N) is 2. The minimum absolute atomic E-state index is 0.206. The van der Waals surface area contributed by atoms with Crippen LogP contribution >= 0.6 is 0 Å². The normalized spacial score (nSPS) is 13.6. The Labute approximate surface area is 135 Å². The molecule has 2 amide bonds. The molecule has 1 heterocycles. The van der Waals surface area contributed by atoms with E-state index in [1.807, 2.05) is 43.6 Å². The third-order valence-electron chi connectivity index (χ3n) is 3.75. The highest BCUT2D eigenvalue weighted by Gasteiger charge is 2.27. The lowest BCUT2D eigenvalue weighted by Crippen LogP contribution is -2.31. The van der Waals surface area contributed by atoms with Crippen molar-refractivity contribution in [2.75, 3.05) is 18.5 Å². The maximum Gasteiger partial charge on any atom is 0.319 e. The molecule has 3 rings (SSSR count). The number of benzene rings is 1. The topological polar surface area (TPSA) is 68.2 Å². The van der Waals surface area contributed by atoms with Gasteiger partial charge in [0.25, 0.3) is 0 Å². The molecule has 0 radical (unpaired) electrons. The van der Waals surface area contributed by atoms with Crippen molar-refractivity contribution in [2.45, 2.75) is 32.2 Å². The maximum atomic E-state index is 11.9. The van der Waals surface area contributed by atoms with Gasteiger partial charge in [-0.1, -0.05) is 0 Å². The Morgan fingerprint density at radius 1 is 1.35 bits per heavy atom. The van der Waals surface area contributed by atoms with E-state index in [4.69, 9.17) is 4.74 Å². The Hall–Kier alpha value is -2.50. The lowest BCUT2D eigenvalue weighted by atomic mass is 10.3. The average molecular weight is 314 g/mol. The van der Waals surface area contributed by atoms with Gasteiger partial charge in [-0.3, -0.25) is 0 Å². The molecule has 1 aliphatic carbocycles. The zero-order valence-corrected chi connectivity index (χ0v) is 13.3. The molecule has 6 nitrogen and oxygen atoms in total. The second kappa shape index (κ2) is 7.17. The number of ether oxygens (including phenoxy) is 1.